The molecule has 0 N–H and O–H groups in total. The smallest absolute Gasteiger partial charge is 0.331 e. The molecule has 2 heterocycles. The fourth-order valence-corrected chi connectivity index (χ4v) is 3.42. The molecule has 3 aromatic rings. The van der Waals surface area contributed by atoms with E-state index in [1.54, 1.807) is 19.1 Å². The molecule has 9 heteroatoms. The van der Waals surface area contributed by atoms with Crippen molar-refractivity contribution in [3.63, 3.8) is 0 Å². The minimum absolute atomic E-state index is 0.0261. The number of carbonyl (C=O) groups excluding carboxylic acids is 1. The highest BCUT2D eigenvalue weighted by molar-refractivity contribution is 7.18. The summed E-state index contributed by atoms with van der Waals surface area (Å²) in [5, 5.41) is 1.17. The van der Waals surface area contributed by atoms with Crippen LogP contribution in [0.4, 0.5) is 0 Å². The lowest BCUT2D eigenvalue weighted by atomic mass is 10.3. The Bertz CT molecular complexity index is 1050. The highest BCUT2D eigenvalue weighted by Crippen LogP contribution is 2.25. The monoisotopic (exact) mass is 379 g/mol. The van der Waals surface area contributed by atoms with Crippen molar-refractivity contribution in [2.75, 3.05) is 6.61 Å². The lowest BCUT2D eigenvalue weighted by Gasteiger charge is -2.08. The molecule has 0 bridgehead atoms. The van der Waals surface area contributed by atoms with Gasteiger partial charge < -0.3 is 4.74 Å². The largest absolute Gasteiger partial charge is 0.465 e. The van der Waals surface area contributed by atoms with Gasteiger partial charge in [0.1, 0.15) is 11.6 Å². The first kappa shape index (κ1) is 17.4. The molecule has 0 saturated heterocycles. The van der Waals surface area contributed by atoms with E-state index in [1.165, 1.54) is 23.6 Å². The number of fused-ring (bicyclic) bond motifs is 1. The van der Waals surface area contributed by atoms with Gasteiger partial charge in [0, 0.05) is 17.3 Å². The van der Waals surface area contributed by atoms with Crippen LogP contribution < -0.4 is 11.2 Å². The molecule has 0 radical (unpaired) electrons. The van der Waals surface area contributed by atoms with Crippen LogP contribution in [-0.4, -0.2) is 26.7 Å². The molecule has 0 aliphatic heterocycles. The fourth-order valence-electron chi connectivity index (χ4n) is 2.32. The zero-order valence-electron chi connectivity index (χ0n) is 13.3. The van der Waals surface area contributed by atoms with Crippen molar-refractivity contribution < 1.29 is 9.53 Å². The van der Waals surface area contributed by atoms with E-state index >= 15 is 0 Å². The van der Waals surface area contributed by atoms with Crippen molar-refractivity contribution in [2.24, 2.45) is 0 Å². The maximum atomic E-state index is 12.5. The minimum atomic E-state index is -0.585. The second-order valence-electron chi connectivity index (χ2n) is 5.18. The Kier molecular flexibility index (Phi) is 5.00. The first-order chi connectivity index (χ1) is 12.0. The molecule has 3 rings (SSSR count). The third-order valence-electron chi connectivity index (χ3n) is 3.43. The van der Waals surface area contributed by atoms with Crippen LogP contribution in [0, 0.1) is 0 Å². The Labute approximate surface area is 151 Å². The van der Waals surface area contributed by atoms with Crippen molar-refractivity contribution in [2.45, 2.75) is 20.0 Å². The normalized spacial score (nSPS) is 11.0. The molecule has 25 heavy (non-hydrogen) atoms. The highest BCUT2D eigenvalue weighted by atomic mass is 35.5. The van der Waals surface area contributed by atoms with E-state index in [1.807, 2.05) is 6.07 Å². The molecule has 2 aromatic heterocycles. The summed E-state index contributed by atoms with van der Waals surface area (Å²) in [6.45, 7) is 1.68. The predicted molar refractivity (Wildman–Crippen MR) is 95.3 cm³/mol. The van der Waals surface area contributed by atoms with Crippen LogP contribution in [0.1, 0.15) is 11.9 Å². The summed E-state index contributed by atoms with van der Waals surface area (Å²) in [6.07, 6.45) is 1.29. The Hall–Kier alpha value is -2.45. The van der Waals surface area contributed by atoms with Crippen molar-refractivity contribution in [1.29, 1.82) is 0 Å². The number of hydrogen-bond donors (Lipinski definition) is 0. The Morgan fingerprint density at radius 2 is 2.12 bits per heavy atom. The molecular weight excluding hydrogens is 366 g/mol. The average Bonchev–Trinajstić information content (AvgIpc) is 2.96. The van der Waals surface area contributed by atoms with Crippen molar-refractivity contribution >= 4 is 39.1 Å². The summed E-state index contributed by atoms with van der Waals surface area (Å²) in [6, 6.07) is 6.56. The molecule has 0 spiro atoms. The lowest BCUT2D eigenvalue weighted by Crippen LogP contribution is -2.40. The standard InChI is InChI=1S/C16H14ClN3O4S/c1-2-24-15(22)9-19-6-5-14(21)20(16(19)23)8-13-18-11-7-10(17)3-4-12(11)25-13/h3-7H,2,8-9H2,1H3. The van der Waals surface area contributed by atoms with Crippen molar-refractivity contribution in [3.8, 4) is 0 Å². The maximum Gasteiger partial charge on any atom is 0.331 e. The van der Waals surface area contributed by atoms with Gasteiger partial charge in [0.25, 0.3) is 5.56 Å². The fraction of sp³-hybridized carbons (Fsp3) is 0.250. The quantitative estimate of drug-likeness (QED) is 0.632. The molecule has 0 unspecified atom stereocenters. The van der Waals surface area contributed by atoms with E-state index in [0.717, 1.165) is 13.8 Å². The van der Waals surface area contributed by atoms with Crippen LogP contribution in [0.5, 0.6) is 0 Å². The van der Waals surface area contributed by atoms with Gasteiger partial charge in [0.05, 0.1) is 23.4 Å². The van der Waals surface area contributed by atoms with Gasteiger partial charge in [0.15, 0.2) is 0 Å². The topological polar surface area (TPSA) is 83.2 Å². The zero-order valence-corrected chi connectivity index (χ0v) is 14.8. The second-order valence-corrected chi connectivity index (χ2v) is 6.73. The first-order valence-electron chi connectivity index (χ1n) is 7.49. The van der Waals surface area contributed by atoms with Crippen LogP contribution in [-0.2, 0) is 22.6 Å². The summed E-state index contributed by atoms with van der Waals surface area (Å²) >= 11 is 7.32. The van der Waals surface area contributed by atoms with Crippen LogP contribution in [0.15, 0.2) is 40.1 Å². The molecular formula is C16H14ClN3O4S. The number of esters is 1. The van der Waals surface area contributed by atoms with Crippen molar-refractivity contribution in [3.05, 3.63) is 61.3 Å². The van der Waals surface area contributed by atoms with Gasteiger partial charge in [-0.05, 0) is 25.1 Å². The lowest BCUT2D eigenvalue weighted by molar-refractivity contribution is -0.143. The highest BCUT2D eigenvalue weighted by Gasteiger charge is 2.12. The summed E-state index contributed by atoms with van der Waals surface area (Å²) < 4.78 is 7.93. The van der Waals surface area contributed by atoms with Gasteiger partial charge in [0.2, 0.25) is 0 Å². The summed E-state index contributed by atoms with van der Waals surface area (Å²) in [4.78, 5) is 40.5. The van der Waals surface area contributed by atoms with Crippen LogP contribution in [0.2, 0.25) is 5.02 Å². The number of aromatic nitrogens is 3. The molecule has 1 aromatic carbocycles. The zero-order chi connectivity index (χ0) is 18.0. The van der Waals surface area contributed by atoms with Gasteiger partial charge in [-0.25, -0.2) is 9.78 Å². The number of hydrogen-bond acceptors (Lipinski definition) is 6. The molecule has 0 amide bonds. The number of thiazole rings is 1. The number of benzene rings is 1. The number of rotatable bonds is 5. The summed E-state index contributed by atoms with van der Waals surface area (Å²) in [7, 11) is 0. The molecule has 130 valence electrons. The van der Waals surface area contributed by atoms with Crippen LogP contribution in [0.25, 0.3) is 10.2 Å². The van der Waals surface area contributed by atoms with Crippen LogP contribution in [0.3, 0.4) is 0 Å². The SMILES string of the molecule is CCOC(=O)Cn1ccc(=O)n(Cc2nc3cc(Cl)ccc3s2)c1=O. The predicted octanol–water partition coefficient (Wildman–Crippen LogP) is 1.88. The van der Waals surface area contributed by atoms with Gasteiger partial charge in [-0.1, -0.05) is 11.6 Å². The Balaban J connectivity index is 1.94. The summed E-state index contributed by atoms with van der Waals surface area (Å²) in [5.74, 6) is -0.538. The Morgan fingerprint density at radius 3 is 2.88 bits per heavy atom. The Morgan fingerprint density at radius 1 is 1.32 bits per heavy atom. The van der Waals surface area contributed by atoms with Gasteiger partial charge in [-0.15, -0.1) is 11.3 Å². The van der Waals surface area contributed by atoms with E-state index < -0.39 is 17.2 Å². The number of ether oxygens (including phenoxy) is 1. The second kappa shape index (κ2) is 7.20. The number of carbonyl (C=O) groups is 1. The number of nitrogens with zero attached hydrogens (tertiary/aromatic N) is 3. The molecule has 0 atom stereocenters. The van der Waals surface area contributed by atoms with Gasteiger partial charge in [-0.2, -0.15) is 0 Å². The van der Waals surface area contributed by atoms with Crippen LogP contribution >= 0.6 is 22.9 Å². The molecule has 0 aliphatic carbocycles. The number of halogens is 1. The third-order valence-corrected chi connectivity index (χ3v) is 4.69. The van der Waals surface area contributed by atoms with E-state index in [2.05, 4.69) is 4.98 Å². The first-order valence-corrected chi connectivity index (χ1v) is 8.68. The van der Waals surface area contributed by atoms with E-state index in [-0.39, 0.29) is 19.7 Å². The van der Waals surface area contributed by atoms with E-state index in [9.17, 15) is 14.4 Å². The van der Waals surface area contributed by atoms with E-state index in [4.69, 9.17) is 16.3 Å². The molecule has 0 fully saturated rings. The maximum absolute atomic E-state index is 12.5. The molecule has 7 nitrogen and oxygen atoms in total. The van der Waals surface area contributed by atoms with Gasteiger partial charge >= 0.3 is 11.7 Å². The van der Waals surface area contributed by atoms with E-state index in [0.29, 0.717) is 15.5 Å². The molecule has 0 aliphatic rings. The van der Waals surface area contributed by atoms with Crippen molar-refractivity contribution in [1.82, 2.24) is 14.1 Å². The van der Waals surface area contributed by atoms with Gasteiger partial charge in [-0.3, -0.25) is 18.7 Å². The average molecular weight is 380 g/mol. The third kappa shape index (κ3) is 3.80. The minimum Gasteiger partial charge on any atom is -0.465 e. The summed E-state index contributed by atoms with van der Waals surface area (Å²) in [5.41, 5.74) is -0.330. The molecule has 0 saturated carbocycles.